The van der Waals surface area contributed by atoms with E-state index < -0.39 is 11.6 Å². The molecule has 2 aliphatic heterocycles. The van der Waals surface area contributed by atoms with Crippen LogP contribution in [0.15, 0.2) is 6.07 Å². The molecule has 0 radical (unpaired) electrons. The Bertz CT molecular complexity index is 549. The molecule has 0 aromatic carbocycles. The first-order chi connectivity index (χ1) is 9.49. The van der Waals surface area contributed by atoms with Crippen LogP contribution in [0, 0.1) is 0 Å². The standard InChI is InChI=1S/C13H14FNO4S/c14-13(12(17)18)2-3-15(7-13)11(16)10-5-8-6-19-4-1-9(8)20-10/h5H,1-4,6-7H2,(H,17,18)/t13-/m0/s1. The lowest BCUT2D eigenvalue weighted by molar-refractivity contribution is -0.149. The number of aliphatic carboxylic acids is 1. The van der Waals surface area contributed by atoms with Gasteiger partial charge in [-0.05, 0) is 11.6 Å². The third-order valence-corrected chi connectivity index (χ3v) is 4.95. The summed E-state index contributed by atoms with van der Waals surface area (Å²) in [6.45, 7) is 0.916. The first kappa shape index (κ1) is 13.5. The Morgan fingerprint density at radius 2 is 2.30 bits per heavy atom. The maximum atomic E-state index is 14.0. The summed E-state index contributed by atoms with van der Waals surface area (Å²) < 4.78 is 19.3. The summed E-state index contributed by atoms with van der Waals surface area (Å²) in [5.74, 6) is -1.78. The number of hydrogen-bond acceptors (Lipinski definition) is 4. The van der Waals surface area contributed by atoms with Gasteiger partial charge >= 0.3 is 5.97 Å². The van der Waals surface area contributed by atoms with Crippen molar-refractivity contribution in [2.75, 3.05) is 19.7 Å². The monoisotopic (exact) mass is 299 g/mol. The quantitative estimate of drug-likeness (QED) is 0.898. The maximum Gasteiger partial charge on any atom is 0.343 e. The number of fused-ring (bicyclic) bond motifs is 1. The van der Waals surface area contributed by atoms with E-state index in [4.69, 9.17) is 9.84 Å². The van der Waals surface area contributed by atoms with Crippen molar-refractivity contribution in [3.63, 3.8) is 0 Å². The van der Waals surface area contributed by atoms with Crippen LogP contribution in [0.1, 0.15) is 26.5 Å². The molecule has 1 aromatic heterocycles. The van der Waals surface area contributed by atoms with E-state index in [1.54, 1.807) is 6.07 Å². The van der Waals surface area contributed by atoms with Gasteiger partial charge in [-0.2, -0.15) is 0 Å². The highest BCUT2D eigenvalue weighted by Crippen LogP contribution is 2.31. The Labute approximate surface area is 119 Å². The molecule has 1 amide bonds. The summed E-state index contributed by atoms with van der Waals surface area (Å²) in [5.41, 5.74) is -1.30. The molecule has 5 nitrogen and oxygen atoms in total. The van der Waals surface area contributed by atoms with Gasteiger partial charge in [0.05, 0.1) is 24.6 Å². The second-order valence-corrected chi connectivity index (χ2v) is 6.25. The van der Waals surface area contributed by atoms with E-state index in [9.17, 15) is 14.0 Å². The molecule has 0 spiro atoms. The Balaban J connectivity index is 1.77. The fourth-order valence-electron chi connectivity index (χ4n) is 2.53. The number of nitrogens with zero attached hydrogens (tertiary/aromatic N) is 1. The van der Waals surface area contributed by atoms with E-state index in [1.807, 2.05) is 0 Å². The zero-order chi connectivity index (χ0) is 14.3. The summed E-state index contributed by atoms with van der Waals surface area (Å²) in [5, 5.41) is 8.85. The number of thiophene rings is 1. The van der Waals surface area contributed by atoms with E-state index in [-0.39, 0.29) is 25.4 Å². The third-order valence-electron chi connectivity index (χ3n) is 3.73. The highest BCUT2D eigenvalue weighted by atomic mass is 32.1. The number of alkyl halides is 1. The van der Waals surface area contributed by atoms with Gasteiger partial charge in [0.1, 0.15) is 0 Å². The number of ether oxygens (including phenoxy) is 1. The van der Waals surface area contributed by atoms with E-state index in [2.05, 4.69) is 0 Å². The number of carbonyl (C=O) groups excluding carboxylic acids is 1. The number of carbonyl (C=O) groups is 2. The van der Waals surface area contributed by atoms with Crippen LogP contribution in [-0.2, 0) is 22.6 Å². The fraction of sp³-hybridized carbons (Fsp3) is 0.538. The minimum Gasteiger partial charge on any atom is -0.479 e. The number of amides is 1. The fourth-order valence-corrected chi connectivity index (χ4v) is 3.65. The lowest BCUT2D eigenvalue weighted by Gasteiger charge is -2.16. The van der Waals surface area contributed by atoms with Crippen molar-refractivity contribution in [1.29, 1.82) is 0 Å². The second kappa shape index (κ2) is 4.82. The molecule has 1 N–H and O–H groups in total. The summed E-state index contributed by atoms with van der Waals surface area (Å²) in [7, 11) is 0. The van der Waals surface area contributed by atoms with Crippen LogP contribution in [0.5, 0.6) is 0 Å². The molecule has 3 rings (SSSR count). The van der Waals surface area contributed by atoms with Gasteiger partial charge in [-0.3, -0.25) is 4.79 Å². The Morgan fingerprint density at radius 3 is 2.95 bits per heavy atom. The predicted octanol–water partition coefficient (Wildman–Crippen LogP) is 1.46. The third kappa shape index (κ3) is 2.20. The van der Waals surface area contributed by atoms with Crippen LogP contribution in [0.25, 0.3) is 0 Å². The Morgan fingerprint density at radius 1 is 1.50 bits per heavy atom. The lowest BCUT2D eigenvalue weighted by Crippen LogP contribution is -2.38. The van der Waals surface area contributed by atoms with Crippen LogP contribution >= 0.6 is 11.3 Å². The van der Waals surface area contributed by atoms with Gasteiger partial charge in [-0.25, -0.2) is 9.18 Å². The number of likely N-dealkylation sites (tertiary alicyclic amines) is 1. The van der Waals surface area contributed by atoms with Gasteiger partial charge in [0, 0.05) is 24.3 Å². The molecule has 1 atom stereocenters. The average molecular weight is 299 g/mol. The largest absolute Gasteiger partial charge is 0.479 e. The van der Waals surface area contributed by atoms with Crippen LogP contribution < -0.4 is 0 Å². The summed E-state index contributed by atoms with van der Waals surface area (Å²) in [6.07, 6.45) is 0.637. The van der Waals surface area contributed by atoms with Crippen molar-refractivity contribution in [1.82, 2.24) is 4.90 Å². The smallest absolute Gasteiger partial charge is 0.343 e. The number of carboxylic acids is 1. The first-order valence-electron chi connectivity index (χ1n) is 6.40. The zero-order valence-electron chi connectivity index (χ0n) is 10.7. The lowest BCUT2D eigenvalue weighted by atomic mass is 10.1. The summed E-state index contributed by atoms with van der Waals surface area (Å²) >= 11 is 1.40. The van der Waals surface area contributed by atoms with Crippen molar-refractivity contribution < 1.29 is 23.8 Å². The van der Waals surface area contributed by atoms with E-state index in [1.165, 1.54) is 16.2 Å². The Kier molecular flexibility index (Phi) is 3.25. The molecule has 20 heavy (non-hydrogen) atoms. The van der Waals surface area contributed by atoms with Gasteiger partial charge in [0.25, 0.3) is 5.91 Å². The normalized spacial score (nSPS) is 25.6. The van der Waals surface area contributed by atoms with Crippen LogP contribution in [0.2, 0.25) is 0 Å². The first-order valence-corrected chi connectivity index (χ1v) is 7.22. The summed E-state index contributed by atoms with van der Waals surface area (Å²) in [6, 6.07) is 1.78. The molecule has 0 aliphatic carbocycles. The average Bonchev–Trinajstić information content (AvgIpc) is 3.02. The van der Waals surface area contributed by atoms with E-state index in [0.29, 0.717) is 18.1 Å². The molecule has 0 unspecified atom stereocenters. The molecule has 1 fully saturated rings. The SMILES string of the molecule is O=C(c1cc2c(s1)CCOC2)N1CC[C@@](F)(C(=O)O)C1. The highest BCUT2D eigenvalue weighted by Gasteiger charge is 2.47. The minimum absolute atomic E-state index is 0.140. The molecular formula is C13H14FNO4S. The molecular weight excluding hydrogens is 285 g/mol. The number of hydrogen-bond donors (Lipinski definition) is 1. The van der Waals surface area contributed by atoms with Gasteiger partial charge in [0.2, 0.25) is 5.67 Å². The van der Waals surface area contributed by atoms with Crippen LogP contribution in [-0.4, -0.2) is 47.2 Å². The van der Waals surface area contributed by atoms with Gasteiger partial charge in [-0.1, -0.05) is 0 Å². The maximum absolute atomic E-state index is 14.0. The van der Waals surface area contributed by atoms with Crippen molar-refractivity contribution in [3.05, 3.63) is 21.4 Å². The molecule has 3 heterocycles. The minimum atomic E-state index is -2.31. The van der Waals surface area contributed by atoms with E-state index in [0.717, 1.165) is 16.9 Å². The van der Waals surface area contributed by atoms with Gasteiger partial charge < -0.3 is 14.7 Å². The van der Waals surface area contributed by atoms with E-state index >= 15 is 0 Å². The van der Waals surface area contributed by atoms with Gasteiger partial charge in [-0.15, -0.1) is 11.3 Å². The Hall–Kier alpha value is -1.47. The second-order valence-electron chi connectivity index (χ2n) is 5.11. The van der Waals surface area contributed by atoms with Gasteiger partial charge in [0.15, 0.2) is 0 Å². The molecule has 108 valence electrons. The van der Waals surface area contributed by atoms with Crippen molar-refractivity contribution in [3.8, 4) is 0 Å². The summed E-state index contributed by atoms with van der Waals surface area (Å²) in [4.78, 5) is 26.1. The predicted molar refractivity (Wildman–Crippen MR) is 69.7 cm³/mol. The number of rotatable bonds is 2. The topological polar surface area (TPSA) is 66.8 Å². The number of carboxylic acid groups (broad SMARTS) is 1. The highest BCUT2D eigenvalue weighted by molar-refractivity contribution is 7.14. The molecule has 1 aromatic rings. The van der Waals surface area contributed by atoms with Crippen LogP contribution in [0.3, 0.4) is 0 Å². The molecule has 1 saturated heterocycles. The molecule has 7 heteroatoms. The van der Waals surface area contributed by atoms with Crippen molar-refractivity contribution >= 4 is 23.2 Å². The molecule has 0 saturated carbocycles. The zero-order valence-corrected chi connectivity index (χ0v) is 11.5. The van der Waals surface area contributed by atoms with Crippen molar-refractivity contribution in [2.24, 2.45) is 0 Å². The van der Waals surface area contributed by atoms with Crippen LogP contribution in [0.4, 0.5) is 4.39 Å². The molecule has 0 bridgehead atoms. The molecule has 2 aliphatic rings. The number of halogens is 1. The van der Waals surface area contributed by atoms with Crippen molar-refractivity contribution in [2.45, 2.75) is 25.1 Å².